The average Bonchev–Trinajstić information content (AvgIpc) is 2.25. The third kappa shape index (κ3) is 2.50. The lowest BCUT2D eigenvalue weighted by Gasteiger charge is -2.34. The van der Waals surface area contributed by atoms with Gasteiger partial charge in [0.05, 0.1) is 0 Å². The molecule has 0 saturated heterocycles. The summed E-state index contributed by atoms with van der Waals surface area (Å²) in [7, 11) is 0. The second-order valence-corrected chi connectivity index (χ2v) is 4.51. The lowest BCUT2D eigenvalue weighted by molar-refractivity contribution is -0.297. The van der Waals surface area contributed by atoms with Crippen LogP contribution in [0.3, 0.4) is 0 Å². The molecule has 102 valence electrons. The molecule has 0 heterocycles. The molecule has 0 amide bonds. The van der Waals surface area contributed by atoms with E-state index in [4.69, 9.17) is 0 Å². The smallest absolute Gasteiger partial charge is 0.170 e. The number of alkyl halides is 7. The fourth-order valence-corrected chi connectivity index (χ4v) is 1.79. The first kappa shape index (κ1) is 15.3. The summed E-state index contributed by atoms with van der Waals surface area (Å²) < 4.78 is 76.4. The minimum atomic E-state index is -5.40. The normalized spacial score (nSPS) is 13.8. The molecular weight excluding hydrogens is 326 g/mol. The van der Waals surface area contributed by atoms with E-state index in [9.17, 15) is 26.3 Å². The molecule has 0 aliphatic heterocycles. The monoisotopic (exact) mass is 334 g/mol. The van der Waals surface area contributed by atoms with Crippen molar-refractivity contribution in [3.05, 3.63) is 35.4 Å². The van der Waals surface area contributed by atoms with E-state index < -0.39 is 23.3 Å². The van der Waals surface area contributed by atoms with Crippen LogP contribution in [0.15, 0.2) is 24.3 Å². The van der Waals surface area contributed by atoms with Crippen LogP contribution >= 0.6 is 15.9 Å². The number of rotatable bonds is 2. The van der Waals surface area contributed by atoms with Crippen molar-refractivity contribution >= 4 is 15.9 Å². The fourth-order valence-electron chi connectivity index (χ4n) is 1.42. The van der Waals surface area contributed by atoms with Gasteiger partial charge in [-0.15, -0.1) is 0 Å². The van der Waals surface area contributed by atoms with Crippen molar-refractivity contribution in [1.29, 1.82) is 0 Å². The van der Waals surface area contributed by atoms with Gasteiger partial charge in [-0.2, -0.15) is 26.3 Å². The van der Waals surface area contributed by atoms with E-state index in [1.807, 2.05) is 0 Å². The van der Waals surface area contributed by atoms with Gasteiger partial charge in [-0.25, -0.2) is 0 Å². The molecule has 0 nitrogen and oxygen atoms in total. The summed E-state index contributed by atoms with van der Waals surface area (Å²) in [5, 5.41) is 0.363. The molecule has 0 saturated carbocycles. The summed E-state index contributed by atoms with van der Waals surface area (Å²) in [6.07, 6.45) is -10.8. The molecule has 0 aliphatic carbocycles. The highest BCUT2D eigenvalue weighted by Crippen LogP contribution is 2.51. The van der Waals surface area contributed by atoms with Gasteiger partial charge in [0, 0.05) is 5.33 Å². The van der Waals surface area contributed by atoms with Crippen molar-refractivity contribution in [3.8, 4) is 0 Å². The molecule has 1 aromatic carbocycles. The van der Waals surface area contributed by atoms with Crippen LogP contribution in [0, 0.1) is 0 Å². The maximum absolute atomic E-state index is 12.7. The standard InChI is InChI=1S/C11H9BrF6/c1-9(10(13,14)15,11(16,17)18)8-4-2-7(6-12)3-5-8/h2-5H,6H2,1H3. The van der Waals surface area contributed by atoms with Crippen molar-refractivity contribution in [2.24, 2.45) is 0 Å². The first-order valence-electron chi connectivity index (χ1n) is 4.83. The first-order valence-corrected chi connectivity index (χ1v) is 5.95. The highest BCUT2D eigenvalue weighted by molar-refractivity contribution is 9.08. The van der Waals surface area contributed by atoms with Crippen LogP contribution in [0.2, 0.25) is 0 Å². The average molecular weight is 335 g/mol. The molecule has 1 aromatic rings. The SMILES string of the molecule is CC(c1ccc(CBr)cc1)(C(F)(F)F)C(F)(F)F. The highest BCUT2D eigenvalue weighted by Gasteiger charge is 2.68. The quantitative estimate of drug-likeness (QED) is 0.529. The summed E-state index contributed by atoms with van der Waals surface area (Å²) in [5.74, 6) is 0. The van der Waals surface area contributed by atoms with Gasteiger partial charge in [-0.1, -0.05) is 40.2 Å². The third-order valence-corrected chi connectivity index (χ3v) is 3.47. The summed E-state index contributed by atoms with van der Waals surface area (Å²) in [6.45, 7) is 0.149. The zero-order chi connectivity index (χ0) is 14.2. The third-order valence-electron chi connectivity index (χ3n) is 2.82. The Bertz CT molecular complexity index is 389. The van der Waals surface area contributed by atoms with Gasteiger partial charge in [0.15, 0.2) is 5.41 Å². The van der Waals surface area contributed by atoms with Gasteiger partial charge < -0.3 is 0 Å². The minimum absolute atomic E-state index is 0.149. The van der Waals surface area contributed by atoms with Crippen molar-refractivity contribution in [2.75, 3.05) is 0 Å². The molecule has 0 N–H and O–H groups in total. The maximum atomic E-state index is 12.7. The summed E-state index contributed by atoms with van der Waals surface area (Å²) in [4.78, 5) is 0. The van der Waals surface area contributed by atoms with E-state index in [2.05, 4.69) is 15.9 Å². The van der Waals surface area contributed by atoms with E-state index in [-0.39, 0.29) is 6.92 Å². The molecule has 0 aliphatic rings. The Morgan fingerprint density at radius 1 is 0.889 bits per heavy atom. The second-order valence-electron chi connectivity index (χ2n) is 3.95. The molecule has 0 bridgehead atoms. The number of benzene rings is 1. The van der Waals surface area contributed by atoms with Crippen LogP contribution in [-0.2, 0) is 10.7 Å². The minimum Gasteiger partial charge on any atom is -0.170 e. The lowest BCUT2D eigenvalue weighted by atomic mass is 9.80. The lowest BCUT2D eigenvalue weighted by Crippen LogP contribution is -2.51. The van der Waals surface area contributed by atoms with Crippen LogP contribution in [-0.4, -0.2) is 12.4 Å². The molecule has 0 radical (unpaired) electrons. The Kier molecular flexibility index (Phi) is 4.05. The van der Waals surface area contributed by atoms with E-state index >= 15 is 0 Å². The maximum Gasteiger partial charge on any atom is 0.406 e. The molecule has 0 aromatic heterocycles. The Balaban J connectivity index is 3.36. The van der Waals surface area contributed by atoms with Gasteiger partial charge >= 0.3 is 12.4 Å². The summed E-state index contributed by atoms with van der Waals surface area (Å²) in [6, 6.07) is 4.19. The molecule has 1 rings (SSSR count). The molecule has 0 unspecified atom stereocenters. The predicted molar refractivity (Wildman–Crippen MR) is 58.5 cm³/mol. The molecule has 7 heteroatoms. The van der Waals surface area contributed by atoms with Crippen molar-refractivity contribution in [3.63, 3.8) is 0 Å². The van der Waals surface area contributed by atoms with Crippen LogP contribution < -0.4 is 0 Å². The summed E-state index contributed by atoms with van der Waals surface area (Å²) >= 11 is 3.07. The van der Waals surface area contributed by atoms with Gasteiger partial charge in [0.1, 0.15) is 0 Å². The van der Waals surface area contributed by atoms with Crippen molar-refractivity contribution < 1.29 is 26.3 Å². The number of halogens is 7. The van der Waals surface area contributed by atoms with Gasteiger partial charge in [0.2, 0.25) is 0 Å². The van der Waals surface area contributed by atoms with Crippen LogP contribution in [0.1, 0.15) is 18.1 Å². The zero-order valence-corrected chi connectivity index (χ0v) is 10.7. The topological polar surface area (TPSA) is 0 Å². The van der Waals surface area contributed by atoms with E-state index in [0.29, 0.717) is 10.9 Å². The van der Waals surface area contributed by atoms with E-state index in [0.717, 1.165) is 12.1 Å². The summed E-state index contributed by atoms with van der Waals surface area (Å²) in [5.41, 5.74) is -4.07. The first-order chi connectivity index (χ1) is 8.04. The molecule has 0 atom stereocenters. The van der Waals surface area contributed by atoms with Crippen LogP contribution in [0.25, 0.3) is 0 Å². The fraction of sp³-hybridized carbons (Fsp3) is 0.455. The molecule has 0 spiro atoms. The zero-order valence-electron chi connectivity index (χ0n) is 9.16. The van der Waals surface area contributed by atoms with E-state index in [1.165, 1.54) is 12.1 Å². The molecular formula is C11H9BrF6. The second kappa shape index (κ2) is 4.75. The van der Waals surface area contributed by atoms with Crippen molar-refractivity contribution in [1.82, 2.24) is 0 Å². The number of hydrogen-bond donors (Lipinski definition) is 0. The van der Waals surface area contributed by atoms with E-state index in [1.54, 1.807) is 0 Å². The van der Waals surface area contributed by atoms with Gasteiger partial charge in [-0.3, -0.25) is 0 Å². The Hall–Kier alpha value is -0.720. The molecule has 18 heavy (non-hydrogen) atoms. The Morgan fingerprint density at radius 3 is 1.56 bits per heavy atom. The largest absolute Gasteiger partial charge is 0.406 e. The van der Waals surface area contributed by atoms with Gasteiger partial charge in [-0.05, 0) is 18.1 Å². The predicted octanol–water partition coefficient (Wildman–Crippen LogP) is 4.96. The van der Waals surface area contributed by atoms with Crippen LogP contribution in [0.4, 0.5) is 26.3 Å². The number of hydrogen-bond acceptors (Lipinski definition) is 0. The van der Waals surface area contributed by atoms with Crippen molar-refractivity contribution in [2.45, 2.75) is 30.0 Å². The Labute approximate surface area is 108 Å². The van der Waals surface area contributed by atoms with Crippen LogP contribution in [0.5, 0.6) is 0 Å². The highest BCUT2D eigenvalue weighted by atomic mass is 79.9. The molecule has 0 fully saturated rings. The van der Waals surface area contributed by atoms with Gasteiger partial charge in [0.25, 0.3) is 0 Å². The Morgan fingerprint density at radius 2 is 1.28 bits per heavy atom.